The van der Waals surface area contributed by atoms with E-state index < -0.39 is 31.1 Å². The highest BCUT2D eigenvalue weighted by molar-refractivity contribution is 5.91. The van der Waals surface area contributed by atoms with Gasteiger partial charge in [0.25, 0.3) is 5.91 Å². The number of rotatable bonds is 4. The Labute approximate surface area is 92.2 Å². The maximum atomic E-state index is 11.8. The second-order valence-electron chi connectivity index (χ2n) is 2.99. The number of carboxylic acid groups (broad SMARTS) is 1. The van der Waals surface area contributed by atoms with Gasteiger partial charge in [0.2, 0.25) is 0 Å². The predicted molar refractivity (Wildman–Crippen MR) is 46.0 cm³/mol. The molecule has 0 saturated heterocycles. The van der Waals surface area contributed by atoms with Crippen LogP contribution in [0.1, 0.15) is 10.5 Å². The van der Waals surface area contributed by atoms with E-state index in [4.69, 9.17) is 5.11 Å². The summed E-state index contributed by atoms with van der Waals surface area (Å²) in [5, 5.41) is 16.5. The maximum Gasteiger partial charge on any atom is 0.405 e. The second-order valence-corrected chi connectivity index (χ2v) is 2.99. The lowest BCUT2D eigenvalue weighted by atomic mass is 10.4. The Hall–Kier alpha value is -2.13. The van der Waals surface area contributed by atoms with Gasteiger partial charge in [0, 0.05) is 0 Å². The molecule has 0 aliphatic rings. The number of amides is 1. The molecule has 0 fully saturated rings. The number of aromatic nitrogens is 3. The van der Waals surface area contributed by atoms with Gasteiger partial charge in [-0.2, -0.15) is 13.2 Å². The van der Waals surface area contributed by atoms with Crippen molar-refractivity contribution in [2.75, 3.05) is 6.54 Å². The first-order chi connectivity index (χ1) is 7.78. The number of carboxylic acids is 1. The minimum Gasteiger partial charge on any atom is -0.480 e. The normalized spacial score (nSPS) is 11.2. The molecule has 1 amide bonds. The van der Waals surface area contributed by atoms with Crippen molar-refractivity contribution in [1.82, 2.24) is 20.3 Å². The molecule has 0 spiro atoms. The van der Waals surface area contributed by atoms with Crippen LogP contribution in [0.2, 0.25) is 0 Å². The largest absolute Gasteiger partial charge is 0.480 e. The van der Waals surface area contributed by atoms with Gasteiger partial charge in [-0.05, 0) is 0 Å². The third-order valence-corrected chi connectivity index (χ3v) is 1.52. The van der Waals surface area contributed by atoms with Crippen LogP contribution < -0.4 is 5.32 Å². The Morgan fingerprint density at radius 1 is 1.47 bits per heavy atom. The molecular formula is C7H7F3N4O3. The topological polar surface area (TPSA) is 97.1 Å². The van der Waals surface area contributed by atoms with Gasteiger partial charge in [-0.25, -0.2) is 4.68 Å². The molecule has 17 heavy (non-hydrogen) atoms. The molecule has 10 heteroatoms. The molecular weight excluding hydrogens is 245 g/mol. The highest BCUT2D eigenvalue weighted by atomic mass is 19.4. The molecule has 0 saturated carbocycles. The highest BCUT2D eigenvalue weighted by Crippen LogP contribution is 2.12. The summed E-state index contributed by atoms with van der Waals surface area (Å²) in [6.07, 6.45) is -3.58. The minimum absolute atomic E-state index is 0.379. The van der Waals surface area contributed by atoms with Crippen LogP contribution >= 0.6 is 0 Å². The van der Waals surface area contributed by atoms with Crippen molar-refractivity contribution in [3.05, 3.63) is 11.9 Å². The van der Waals surface area contributed by atoms with Gasteiger partial charge in [-0.15, -0.1) is 5.10 Å². The highest BCUT2D eigenvalue weighted by Gasteiger charge is 2.28. The molecule has 1 aromatic heterocycles. The van der Waals surface area contributed by atoms with Crippen LogP contribution in [0.3, 0.4) is 0 Å². The molecule has 7 nitrogen and oxygen atoms in total. The van der Waals surface area contributed by atoms with Crippen LogP contribution in [0.5, 0.6) is 0 Å². The average Bonchev–Trinajstić information content (AvgIpc) is 2.60. The first kappa shape index (κ1) is 12.9. The van der Waals surface area contributed by atoms with Gasteiger partial charge in [0.15, 0.2) is 5.69 Å². The zero-order valence-electron chi connectivity index (χ0n) is 8.23. The SMILES string of the molecule is O=C(O)Cn1cc(C(=O)NCC(F)(F)F)nn1. The smallest absolute Gasteiger partial charge is 0.405 e. The Balaban J connectivity index is 2.58. The third-order valence-electron chi connectivity index (χ3n) is 1.52. The molecule has 0 atom stereocenters. The molecule has 0 aromatic carbocycles. The van der Waals surface area contributed by atoms with Crippen LogP contribution in [0.15, 0.2) is 6.20 Å². The second kappa shape index (κ2) is 4.80. The molecule has 0 aliphatic heterocycles. The summed E-state index contributed by atoms with van der Waals surface area (Å²) >= 11 is 0. The van der Waals surface area contributed by atoms with Gasteiger partial charge < -0.3 is 10.4 Å². The molecule has 1 heterocycles. The number of nitrogens with zero attached hydrogens (tertiary/aromatic N) is 3. The molecule has 0 aliphatic carbocycles. The summed E-state index contributed by atoms with van der Waals surface area (Å²) in [6, 6.07) is 0. The van der Waals surface area contributed by atoms with Crippen LogP contribution in [-0.2, 0) is 11.3 Å². The van der Waals surface area contributed by atoms with E-state index in [1.165, 1.54) is 0 Å². The molecule has 1 aromatic rings. The van der Waals surface area contributed by atoms with E-state index in [1.54, 1.807) is 5.32 Å². The number of carbonyl (C=O) groups excluding carboxylic acids is 1. The number of halogens is 3. The predicted octanol–water partition coefficient (Wildman–Crippen LogP) is -0.345. The first-order valence-electron chi connectivity index (χ1n) is 4.25. The zero-order chi connectivity index (χ0) is 13.1. The minimum atomic E-state index is -4.52. The van der Waals surface area contributed by atoms with Gasteiger partial charge >= 0.3 is 12.1 Å². The van der Waals surface area contributed by atoms with E-state index in [0.717, 1.165) is 10.9 Å². The standard InChI is InChI=1S/C7H7F3N4O3/c8-7(9,10)3-11-6(17)4-1-14(13-12-4)2-5(15)16/h1H,2-3H2,(H,11,17)(H,15,16). The Bertz CT molecular complexity index is 428. The molecule has 0 radical (unpaired) electrons. The van der Waals surface area contributed by atoms with Gasteiger partial charge in [-0.3, -0.25) is 9.59 Å². The fourth-order valence-electron chi connectivity index (χ4n) is 0.889. The Morgan fingerprint density at radius 3 is 2.65 bits per heavy atom. The number of nitrogens with one attached hydrogen (secondary N) is 1. The van der Waals surface area contributed by atoms with E-state index >= 15 is 0 Å². The molecule has 2 N–H and O–H groups in total. The lowest BCUT2D eigenvalue weighted by molar-refractivity contribution is -0.138. The summed E-state index contributed by atoms with van der Waals surface area (Å²) in [5.41, 5.74) is -0.379. The first-order valence-corrected chi connectivity index (χ1v) is 4.25. The van der Waals surface area contributed by atoms with Crippen molar-refractivity contribution < 1.29 is 27.9 Å². The van der Waals surface area contributed by atoms with Crippen LogP contribution in [0, 0.1) is 0 Å². The number of aliphatic carboxylic acids is 1. The van der Waals surface area contributed by atoms with Crippen molar-refractivity contribution in [2.45, 2.75) is 12.7 Å². The van der Waals surface area contributed by atoms with E-state index in [1.807, 2.05) is 0 Å². The maximum absolute atomic E-state index is 11.8. The summed E-state index contributed by atoms with van der Waals surface area (Å²) in [6.45, 7) is -2.02. The molecule has 1 rings (SSSR count). The fourth-order valence-corrected chi connectivity index (χ4v) is 0.889. The van der Waals surface area contributed by atoms with Gasteiger partial charge in [0.05, 0.1) is 6.20 Å². The lowest BCUT2D eigenvalue weighted by Crippen LogP contribution is -2.33. The lowest BCUT2D eigenvalue weighted by Gasteiger charge is -2.05. The van der Waals surface area contributed by atoms with E-state index in [0.29, 0.717) is 0 Å². The summed E-state index contributed by atoms with van der Waals surface area (Å²) in [4.78, 5) is 21.4. The summed E-state index contributed by atoms with van der Waals surface area (Å²) in [5.74, 6) is -2.28. The van der Waals surface area contributed by atoms with Crippen molar-refractivity contribution >= 4 is 11.9 Å². The number of carbonyl (C=O) groups is 2. The van der Waals surface area contributed by atoms with Gasteiger partial charge in [-0.1, -0.05) is 5.21 Å². The van der Waals surface area contributed by atoms with Crippen molar-refractivity contribution in [1.29, 1.82) is 0 Å². The van der Waals surface area contributed by atoms with E-state index in [2.05, 4.69) is 10.3 Å². The molecule has 0 bridgehead atoms. The number of hydrogen-bond donors (Lipinski definition) is 2. The third kappa shape index (κ3) is 4.49. The Morgan fingerprint density at radius 2 is 2.12 bits per heavy atom. The number of alkyl halides is 3. The Kier molecular flexibility index (Phi) is 3.66. The zero-order valence-corrected chi connectivity index (χ0v) is 8.23. The number of hydrogen-bond acceptors (Lipinski definition) is 4. The molecule has 94 valence electrons. The quantitative estimate of drug-likeness (QED) is 0.763. The van der Waals surface area contributed by atoms with E-state index in [-0.39, 0.29) is 5.69 Å². The van der Waals surface area contributed by atoms with E-state index in [9.17, 15) is 22.8 Å². The monoisotopic (exact) mass is 252 g/mol. The van der Waals surface area contributed by atoms with Crippen molar-refractivity contribution in [2.24, 2.45) is 0 Å². The summed E-state index contributed by atoms with van der Waals surface area (Å²) < 4.78 is 36.1. The van der Waals surface area contributed by atoms with Crippen molar-refractivity contribution in [3.8, 4) is 0 Å². The van der Waals surface area contributed by atoms with Crippen LogP contribution in [0.25, 0.3) is 0 Å². The average molecular weight is 252 g/mol. The van der Waals surface area contributed by atoms with Crippen LogP contribution in [0.4, 0.5) is 13.2 Å². The van der Waals surface area contributed by atoms with Gasteiger partial charge in [0.1, 0.15) is 13.1 Å². The van der Waals surface area contributed by atoms with Crippen molar-refractivity contribution in [3.63, 3.8) is 0 Å². The molecule has 0 unspecified atom stereocenters. The summed E-state index contributed by atoms with van der Waals surface area (Å²) in [7, 11) is 0. The fraction of sp³-hybridized carbons (Fsp3) is 0.429. The van der Waals surface area contributed by atoms with Crippen LogP contribution in [-0.4, -0.2) is 44.7 Å².